The Morgan fingerprint density at radius 2 is 1.86 bits per heavy atom. The molecule has 0 amide bonds. The number of benzene rings is 1. The highest BCUT2D eigenvalue weighted by Crippen LogP contribution is 2.32. The van der Waals surface area contributed by atoms with Crippen LogP contribution in [0.4, 0.5) is 23.2 Å². The van der Waals surface area contributed by atoms with Crippen LogP contribution in [0.1, 0.15) is 18.4 Å². The SMILES string of the molecule is CNCCCCS(=O)(=O)Nc1cc(C(F)(F)F)ccc1F. The lowest BCUT2D eigenvalue weighted by Crippen LogP contribution is -2.19. The van der Waals surface area contributed by atoms with Gasteiger partial charge in [0, 0.05) is 0 Å². The molecule has 0 spiro atoms. The van der Waals surface area contributed by atoms with Gasteiger partial charge in [-0.2, -0.15) is 13.2 Å². The molecule has 0 bridgehead atoms. The Labute approximate surface area is 120 Å². The highest BCUT2D eigenvalue weighted by atomic mass is 32.2. The predicted octanol–water partition coefficient (Wildman–Crippen LogP) is 2.59. The fourth-order valence-corrected chi connectivity index (χ4v) is 2.77. The zero-order valence-corrected chi connectivity index (χ0v) is 12.1. The zero-order valence-electron chi connectivity index (χ0n) is 11.3. The van der Waals surface area contributed by atoms with Crippen LogP contribution in [0, 0.1) is 5.82 Å². The number of hydrogen-bond donors (Lipinski definition) is 2. The first kappa shape index (κ1) is 17.7. The van der Waals surface area contributed by atoms with Gasteiger partial charge in [-0.15, -0.1) is 0 Å². The summed E-state index contributed by atoms with van der Waals surface area (Å²) in [7, 11) is -2.17. The van der Waals surface area contributed by atoms with Gasteiger partial charge >= 0.3 is 6.18 Å². The number of halogens is 4. The molecular weight excluding hydrogens is 312 g/mol. The van der Waals surface area contributed by atoms with E-state index >= 15 is 0 Å². The summed E-state index contributed by atoms with van der Waals surface area (Å²) in [5, 5.41) is 2.84. The Morgan fingerprint density at radius 3 is 2.43 bits per heavy atom. The number of nitrogens with one attached hydrogen (secondary N) is 2. The summed E-state index contributed by atoms with van der Waals surface area (Å²) in [5.74, 6) is -1.34. The minimum absolute atomic E-state index is 0.287. The highest BCUT2D eigenvalue weighted by molar-refractivity contribution is 7.92. The van der Waals surface area contributed by atoms with Gasteiger partial charge in [0.25, 0.3) is 0 Å². The Morgan fingerprint density at radius 1 is 1.19 bits per heavy atom. The van der Waals surface area contributed by atoms with Crippen molar-refractivity contribution >= 4 is 15.7 Å². The average molecular weight is 328 g/mol. The van der Waals surface area contributed by atoms with E-state index in [-0.39, 0.29) is 5.75 Å². The second kappa shape index (κ2) is 7.08. The Balaban J connectivity index is 2.82. The van der Waals surface area contributed by atoms with E-state index in [2.05, 4.69) is 5.32 Å². The van der Waals surface area contributed by atoms with Crippen LogP contribution in [0.15, 0.2) is 18.2 Å². The molecule has 0 heterocycles. The first-order valence-electron chi connectivity index (χ1n) is 6.17. The maximum absolute atomic E-state index is 13.4. The molecule has 0 aliphatic rings. The number of anilines is 1. The summed E-state index contributed by atoms with van der Waals surface area (Å²) in [6, 6.07) is 1.59. The average Bonchev–Trinajstić information content (AvgIpc) is 2.36. The molecule has 0 atom stereocenters. The third-order valence-electron chi connectivity index (χ3n) is 2.65. The summed E-state index contributed by atoms with van der Waals surface area (Å²) < 4.78 is 76.2. The van der Waals surface area contributed by atoms with Crippen molar-refractivity contribution < 1.29 is 26.0 Å². The van der Waals surface area contributed by atoms with E-state index in [0.717, 1.165) is 0 Å². The summed E-state index contributed by atoms with van der Waals surface area (Å²) in [6.07, 6.45) is -3.76. The van der Waals surface area contributed by atoms with Gasteiger partial charge in [-0.3, -0.25) is 4.72 Å². The van der Waals surface area contributed by atoms with Crippen LogP contribution in [0.25, 0.3) is 0 Å². The lowest BCUT2D eigenvalue weighted by molar-refractivity contribution is -0.137. The first-order valence-corrected chi connectivity index (χ1v) is 7.83. The third kappa shape index (κ3) is 5.88. The smallest absolute Gasteiger partial charge is 0.320 e. The molecule has 0 saturated heterocycles. The van der Waals surface area contributed by atoms with Crippen molar-refractivity contribution in [1.82, 2.24) is 5.32 Å². The van der Waals surface area contributed by atoms with Gasteiger partial charge < -0.3 is 5.32 Å². The van der Waals surface area contributed by atoms with Gasteiger partial charge in [0.1, 0.15) is 5.82 Å². The summed E-state index contributed by atoms with van der Waals surface area (Å²) in [4.78, 5) is 0. The van der Waals surface area contributed by atoms with Gasteiger partial charge in [0.2, 0.25) is 10.0 Å². The highest BCUT2D eigenvalue weighted by Gasteiger charge is 2.31. The quantitative estimate of drug-likeness (QED) is 0.597. The largest absolute Gasteiger partial charge is 0.416 e. The fraction of sp³-hybridized carbons (Fsp3) is 0.500. The van der Waals surface area contributed by atoms with Crippen molar-refractivity contribution in [1.29, 1.82) is 0 Å². The summed E-state index contributed by atoms with van der Waals surface area (Å²) in [6.45, 7) is 0.618. The van der Waals surface area contributed by atoms with Gasteiger partial charge in [0.15, 0.2) is 0 Å². The molecule has 9 heteroatoms. The number of rotatable bonds is 7. The van der Waals surface area contributed by atoms with E-state index in [4.69, 9.17) is 0 Å². The molecule has 0 radical (unpaired) electrons. The molecule has 0 aliphatic carbocycles. The molecule has 4 nitrogen and oxygen atoms in total. The topological polar surface area (TPSA) is 58.2 Å². The third-order valence-corrected chi connectivity index (χ3v) is 4.01. The molecule has 0 saturated carbocycles. The van der Waals surface area contributed by atoms with Crippen molar-refractivity contribution in [3.8, 4) is 0 Å². The number of hydrogen-bond acceptors (Lipinski definition) is 3. The van der Waals surface area contributed by atoms with Gasteiger partial charge in [-0.25, -0.2) is 12.8 Å². The monoisotopic (exact) mass is 328 g/mol. The maximum Gasteiger partial charge on any atom is 0.416 e. The van der Waals surface area contributed by atoms with Crippen molar-refractivity contribution in [2.75, 3.05) is 24.1 Å². The second-order valence-corrected chi connectivity index (χ2v) is 6.27. The second-order valence-electron chi connectivity index (χ2n) is 4.42. The standard InChI is InChI=1S/C12H16F4N2O2S/c1-17-6-2-3-7-21(19,20)18-11-8-9(12(14,15)16)4-5-10(11)13/h4-5,8,17-18H,2-3,6-7H2,1H3. The van der Waals surface area contributed by atoms with Crippen LogP contribution in [0.2, 0.25) is 0 Å². The van der Waals surface area contributed by atoms with Crippen LogP contribution >= 0.6 is 0 Å². The van der Waals surface area contributed by atoms with Gasteiger partial charge in [-0.05, 0) is 44.6 Å². The zero-order chi connectivity index (χ0) is 16.1. The Kier molecular flexibility index (Phi) is 5.97. The van der Waals surface area contributed by atoms with Crippen LogP contribution in [0.5, 0.6) is 0 Å². The fourth-order valence-electron chi connectivity index (χ4n) is 1.59. The number of alkyl halides is 3. The van der Waals surface area contributed by atoms with E-state index in [1.165, 1.54) is 0 Å². The minimum atomic E-state index is -4.67. The van der Waals surface area contributed by atoms with Gasteiger partial charge in [0.05, 0.1) is 17.0 Å². The molecule has 21 heavy (non-hydrogen) atoms. The van der Waals surface area contributed by atoms with E-state index in [0.29, 0.717) is 37.6 Å². The van der Waals surface area contributed by atoms with Crippen LogP contribution in [-0.4, -0.2) is 27.8 Å². The van der Waals surface area contributed by atoms with Crippen molar-refractivity contribution in [2.45, 2.75) is 19.0 Å². The summed E-state index contributed by atoms with van der Waals surface area (Å²) >= 11 is 0. The molecule has 1 rings (SSSR count). The van der Waals surface area contributed by atoms with E-state index in [9.17, 15) is 26.0 Å². The van der Waals surface area contributed by atoms with Gasteiger partial charge in [-0.1, -0.05) is 0 Å². The van der Waals surface area contributed by atoms with E-state index in [1.54, 1.807) is 7.05 Å². The molecule has 120 valence electrons. The Bertz CT molecular complexity index is 573. The molecule has 1 aromatic rings. The van der Waals surface area contributed by atoms with E-state index < -0.39 is 33.3 Å². The lowest BCUT2D eigenvalue weighted by atomic mass is 10.2. The normalized spacial score (nSPS) is 12.4. The number of sulfonamides is 1. The van der Waals surface area contributed by atoms with Crippen molar-refractivity contribution in [3.63, 3.8) is 0 Å². The Hall–Kier alpha value is -1.35. The molecule has 1 aromatic carbocycles. The lowest BCUT2D eigenvalue weighted by Gasteiger charge is -2.12. The van der Waals surface area contributed by atoms with Crippen molar-refractivity contribution in [2.24, 2.45) is 0 Å². The number of unbranched alkanes of at least 4 members (excludes halogenated alkanes) is 1. The molecule has 0 aromatic heterocycles. The maximum atomic E-state index is 13.4. The van der Waals surface area contributed by atoms with Crippen LogP contribution in [0.3, 0.4) is 0 Å². The minimum Gasteiger partial charge on any atom is -0.320 e. The molecular formula is C12H16F4N2O2S. The molecule has 0 unspecified atom stereocenters. The van der Waals surface area contributed by atoms with Crippen LogP contribution < -0.4 is 10.0 Å². The van der Waals surface area contributed by atoms with Crippen molar-refractivity contribution in [3.05, 3.63) is 29.6 Å². The molecule has 0 fully saturated rings. The van der Waals surface area contributed by atoms with E-state index in [1.807, 2.05) is 4.72 Å². The molecule has 0 aliphatic heterocycles. The molecule has 2 N–H and O–H groups in total. The van der Waals surface area contributed by atoms with Crippen LogP contribution in [-0.2, 0) is 16.2 Å². The first-order chi connectivity index (χ1) is 9.65. The summed E-state index contributed by atoms with van der Waals surface area (Å²) in [5.41, 5.74) is -1.81. The predicted molar refractivity (Wildman–Crippen MR) is 72.0 cm³/mol.